The Bertz CT molecular complexity index is 660. The van der Waals surface area contributed by atoms with Gasteiger partial charge in [0.1, 0.15) is 0 Å². The summed E-state index contributed by atoms with van der Waals surface area (Å²) in [6.45, 7) is 2.90. The van der Waals surface area contributed by atoms with Crippen LogP contribution in [0.2, 0.25) is 0 Å². The summed E-state index contributed by atoms with van der Waals surface area (Å²) in [5.41, 5.74) is 2.32. The number of rotatable bonds is 6. The molecular formula is C14H17N7. The van der Waals surface area contributed by atoms with Gasteiger partial charge < -0.3 is 0 Å². The fourth-order valence-corrected chi connectivity index (χ4v) is 2.26. The average molecular weight is 283 g/mol. The number of aryl methyl sites for hydroxylation is 2. The van der Waals surface area contributed by atoms with Crippen molar-refractivity contribution in [3.63, 3.8) is 0 Å². The summed E-state index contributed by atoms with van der Waals surface area (Å²) in [6.07, 6.45) is 3.55. The molecule has 3 aromatic rings. The molecule has 0 amide bonds. The van der Waals surface area contributed by atoms with Gasteiger partial charge in [0.2, 0.25) is 0 Å². The van der Waals surface area contributed by atoms with E-state index in [0.717, 1.165) is 12.1 Å². The van der Waals surface area contributed by atoms with Crippen molar-refractivity contribution in [2.24, 2.45) is 0 Å². The lowest BCUT2D eigenvalue weighted by atomic mass is 9.97. The molecule has 0 bridgehead atoms. The first kappa shape index (κ1) is 13.4. The lowest BCUT2D eigenvalue weighted by Gasteiger charge is -2.09. The highest BCUT2D eigenvalue weighted by atomic mass is 15.5. The van der Waals surface area contributed by atoms with Gasteiger partial charge in [-0.2, -0.15) is 5.21 Å². The predicted octanol–water partition coefficient (Wildman–Crippen LogP) is 1.38. The zero-order valence-corrected chi connectivity index (χ0v) is 11.8. The Balaban J connectivity index is 1.57. The summed E-state index contributed by atoms with van der Waals surface area (Å²) >= 11 is 0. The molecular weight excluding hydrogens is 266 g/mol. The van der Waals surface area contributed by atoms with Crippen LogP contribution >= 0.6 is 0 Å². The van der Waals surface area contributed by atoms with Gasteiger partial charge in [-0.15, -0.1) is 15.3 Å². The molecule has 1 N–H and O–H groups in total. The van der Waals surface area contributed by atoms with E-state index in [9.17, 15) is 0 Å². The smallest absolute Gasteiger partial charge is 0.176 e. The van der Waals surface area contributed by atoms with E-state index in [2.05, 4.69) is 62.1 Å². The third-order valence-electron chi connectivity index (χ3n) is 3.42. The minimum absolute atomic E-state index is 0.425. The zero-order chi connectivity index (χ0) is 14.5. The van der Waals surface area contributed by atoms with Crippen molar-refractivity contribution < 1.29 is 0 Å². The maximum Gasteiger partial charge on any atom is 0.176 e. The van der Waals surface area contributed by atoms with Gasteiger partial charge in [-0.1, -0.05) is 47.7 Å². The molecule has 7 nitrogen and oxygen atoms in total. The number of benzene rings is 1. The van der Waals surface area contributed by atoms with Crippen molar-refractivity contribution >= 4 is 0 Å². The van der Waals surface area contributed by atoms with Crippen LogP contribution in [0.25, 0.3) is 0 Å². The van der Waals surface area contributed by atoms with Gasteiger partial charge in [-0.3, -0.25) is 4.68 Å². The fraction of sp³-hybridized carbons (Fsp3) is 0.357. The second kappa shape index (κ2) is 6.25. The van der Waals surface area contributed by atoms with Crippen molar-refractivity contribution in [1.82, 2.24) is 35.6 Å². The maximum absolute atomic E-state index is 4.23. The largest absolute Gasteiger partial charge is 0.252 e. The van der Waals surface area contributed by atoms with Crippen LogP contribution in [-0.2, 0) is 19.4 Å². The second-order valence-electron chi connectivity index (χ2n) is 5.07. The number of aromatic amines is 1. The first-order valence-corrected chi connectivity index (χ1v) is 6.97. The third kappa shape index (κ3) is 3.50. The van der Waals surface area contributed by atoms with Crippen LogP contribution in [0.1, 0.15) is 29.9 Å². The quantitative estimate of drug-likeness (QED) is 0.738. The van der Waals surface area contributed by atoms with E-state index in [4.69, 9.17) is 0 Å². The number of nitrogens with one attached hydrogen (secondary N) is 1. The van der Waals surface area contributed by atoms with Gasteiger partial charge in [0.25, 0.3) is 0 Å². The van der Waals surface area contributed by atoms with E-state index < -0.39 is 0 Å². The predicted molar refractivity (Wildman–Crippen MR) is 76.5 cm³/mol. The lowest BCUT2D eigenvalue weighted by molar-refractivity contribution is 0.577. The Kier molecular flexibility index (Phi) is 3.99. The first-order valence-electron chi connectivity index (χ1n) is 6.97. The molecule has 7 heteroatoms. The Morgan fingerprint density at radius 3 is 2.81 bits per heavy atom. The van der Waals surface area contributed by atoms with Crippen LogP contribution in [0.15, 0.2) is 36.5 Å². The molecule has 1 aromatic carbocycles. The molecule has 2 heterocycles. The van der Waals surface area contributed by atoms with Crippen molar-refractivity contribution in [2.45, 2.75) is 32.2 Å². The Hall–Kier alpha value is -2.57. The van der Waals surface area contributed by atoms with Gasteiger partial charge in [-0.25, -0.2) is 0 Å². The highest BCUT2D eigenvalue weighted by Gasteiger charge is 2.09. The molecule has 0 aliphatic heterocycles. The molecule has 3 rings (SSSR count). The topological polar surface area (TPSA) is 85.2 Å². The van der Waals surface area contributed by atoms with E-state index in [-0.39, 0.29) is 0 Å². The summed E-state index contributed by atoms with van der Waals surface area (Å²) in [5, 5.41) is 22.2. The first-order chi connectivity index (χ1) is 10.3. The monoisotopic (exact) mass is 283 g/mol. The highest BCUT2D eigenvalue weighted by Crippen LogP contribution is 2.18. The minimum atomic E-state index is 0.425. The standard InChI is InChI=1S/C14H17N7/c1-11(12-5-3-2-4-6-12)9-13-10-21(20-15-13)8-7-14-16-18-19-17-14/h2-6,10-11H,7-9H2,1H3,(H,16,17,18,19)/t11-/m1/s1. The molecule has 1 atom stereocenters. The molecule has 0 aliphatic rings. The normalized spacial score (nSPS) is 12.4. The SMILES string of the molecule is C[C@H](Cc1cn(CCc2nn[nH]n2)nn1)c1ccccc1. The highest BCUT2D eigenvalue weighted by molar-refractivity contribution is 5.20. The molecule has 2 aromatic heterocycles. The molecule has 21 heavy (non-hydrogen) atoms. The van der Waals surface area contributed by atoms with Crippen LogP contribution < -0.4 is 0 Å². The molecule has 108 valence electrons. The van der Waals surface area contributed by atoms with Crippen LogP contribution in [0.3, 0.4) is 0 Å². The molecule has 0 radical (unpaired) electrons. The van der Waals surface area contributed by atoms with Crippen LogP contribution in [0.5, 0.6) is 0 Å². The van der Waals surface area contributed by atoms with Crippen molar-refractivity contribution in [2.75, 3.05) is 0 Å². The molecule has 0 aliphatic carbocycles. The summed E-state index contributed by atoms with van der Waals surface area (Å²) in [5.74, 6) is 1.11. The van der Waals surface area contributed by atoms with E-state index in [0.29, 0.717) is 24.7 Å². The Morgan fingerprint density at radius 2 is 2.05 bits per heavy atom. The fourth-order valence-electron chi connectivity index (χ4n) is 2.26. The van der Waals surface area contributed by atoms with E-state index in [1.54, 1.807) is 0 Å². The Morgan fingerprint density at radius 1 is 1.19 bits per heavy atom. The average Bonchev–Trinajstić information content (AvgIpc) is 3.17. The molecule has 0 fully saturated rings. The van der Waals surface area contributed by atoms with Gasteiger partial charge in [0.15, 0.2) is 5.82 Å². The molecule has 0 unspecified atom stereocenters. The number of tetrazole rings is 1. The van der Waals surface area contributed by atoms with Crippen LogP contribution in [0.4, 0.5) is 0 Å². The van der Waals surface area contributed by atoms with E-state index in [1.807, 2.05) is 16.9 Å². The summed E-state index contributed by atoms with van der Waals surface area (Å²) in [4.78, 5) is 0. The van der Waals surface area contributed by atoms with Gasteiger partial charge in [-0.05, 0) is 17.9 Å². The van der Waals surface area contributed by atoms with Gasteiger partial charge in [0.05, 0.1) is 5.69 Å². The Labute approximate surface area is 122 Å². The number of aromatic nitrogens is 7. The van der Waals surface area contributed by atoms with Crippen molar-refractivity contribution in [1.29, 1.82) is 0 Å². The van der Waals surface area contributed by atoms with E-state index >= 15 is 0 Å². The van der Waals surface area contributed by atoms with Crippen LogP contribution in [0, 0.1) is 0 Å². The van der Waals surface area contributed by atoms with Gasteiger partial charge in [0, 0.05) is 19.2 Å². The van der Waals surface area contributed by atoms with E-state index in [1.165, 1.54) is 5.56 Å². The van der Waals surface area contributed by atoms with Gasteiger partial charge >= 0.3 is 0 Å². The maximum atomic E-state index is 4.23. The number of hydrogen-bond acceptors (Lipinski definition) is 5. The van der Waals surface area contributed by atoms with Crippen LogP contribution in [-0.4, -0.2) is 35.6 Å². The molecule has 0 saturated carbocycles. The minimum Gasteiger partial charge on any atom is -0.252 e. The van der Waals surface area contributed by atoms with Crippen molar-refractivity contribution in [3.05, 3.63) is 53.6 Å². The number of H-pyrrole nitrogens is 1. The summed E-state index contributed by atoms with van der Waals surface area (Å²) < 4.78 is 1.82. The lowest BCUT2D eigenvalue weighted by Crippen LogP contribution is -2.03. The third-order valence-corrected chi connectivity index (χ3v) is 3.42. The summed E-state index contributed by atoms with van der Waals surface area (Å²) in [7, 11) is 0. The van der Waals surface area contributed by atoms with Crippen molar-refractivity contribution in [3.8, 4) is 0 Å². The number of hydrogen-bond donors (Lipinski definition) is 1. The number of nitrogens with zero attached hydrogens (tertiary/aromatic N) is 6. The molecule has 0 spiro atoms. The molecule has 0 saturated heterocycles. The second-order valence-corrected chi connectivity index (χ2v) is 5.07. The summed E-state index contributed by atoms with van der Waals surface area (Å²) in [6, 6.07) is 10.4. The zero-order valence-electron chi connectivity index (χ0n) is 11.8.